The molecule has 1 heterocycles. The van der Waals surface area contributed by atoms with Crippen molar-refractivity contribution in [2.24, 2.45) is 10.1 Å². The van der Waals surface area contributed by atoms with E-state index in [0.717, 1.165) is 11.2 Å². The fourth-order valence-corrected chi connectivity index (χ4v) is 1.53. The molecule has 0 unspecified atom stereocenters. The second kappa shape index (κ2) is 5.04. The Morgan fingerprint density at radius 2 is 2.00 bits per heavy atom. The Morgan fingerprint density at radius 3 is 2.72 bits per heavy atom. The maximum Gasteiger partial charge on any atom is 0.104 e. The number of benzene rings is 1. The van der Waals surface area contributed by atoms with Crippen molar-refractivity contribution in [2.45, 2.75) is 26.3 Å². The topological polar surface area (TPSA) is 52.5 Å². The number of para-hydroxylation sites is 1. The molecule has 94 valence electrons. The minimum atomic E-state index is -0.0797. The van der Waals surface area contributed by atoms with E-state index in [0.29, 0.717) is 0 Å². The average molecular weight is 242 g/mol. The molecule has 1 aromatic heterocycles. The Kier molecular flexibility index (Phi) is 3.46. The average Bonchev–Trinajstić information content (AvgIpc) is 2.69. The van der Waals surface area contributed by atoms with E-state index in [-0.39, 0.29) is 5.54 Å². The first-order chi connectivity index (χ1) is 8.54. The van der Waals surface area contributed by atoms with Crippen molar-refractivity contribution in [1.82, 2.24) is 10.4 Å². The third-order valence-electron chi connectivity index (χ3n) is 2.34. The van der Waals surface area contributed by atoms with Gasteiger partial charge in [0.2, 0.25) is 0 Å². The molecule has 0 saturated carbocycles. The molecule has 0 radical (unpaired) electrons. The Labute approximate surface area is 107 Å². The van der Waals surface area contributed by atoms with Gasteiger partial charge in [-0.3, -0.25) is 10.4 Å². The summed E-state index contributed by atoms with van der Waals surface area (Å²) in [5.41, 5.74) is 4.79. The van der Waals surface area contributed by atoms with Gasteiger partial charge in [0.05, 0.1) is 17.4 Å². The number of hydrazone groups is 1. The van der Waals surface area contributed by atoms with Crippen LogP contribution in [0.15, 0.2) is 40.4 Å². The summed E-state index contributed by atoms with van der Waals surface area (Å²) in [4.78, 5) is 7.54. The minimum Gasteiger partial charge on any atom is -0.354 e. The zero-order valence-electron chi connectivity index (χ0n) is 10.9. The molecular weight excluding hydrogens is 224 g/mol. The van der Waals surface area contributed by atoms with Crippen molar-refractivity contribution in [3.63, 3.8) is 0 Å². The minimum absolute atomic E-state index is 0.0797. The molecule has 18 heavy (non-hydrogen) atoms. The Hall–Kier alpha value is -2.10. The van der Waals surface area contributed by atoms with Gasteiger partial charge in [0.1, 0.15) is 6.34 Å². The van der Waals surface area contributed by atoms with Gasteiger partial charge in [-0.1, -0.05) is 18.2 Å². The lowest BCUT2D eigenvalue weighted by molar-refractivity contribution is 0.583. The van der Waals surface area contributed by atoms with Crippen molar-refractivity contribution < 1.29 is 0 Å². The molecule has 0 bridgehead atoms. The van der Waals surface area contributed by atoms with Crippen LogP contribution in [0.5, 0.6) is 0 Å². The van der Waals surface area contributed by atoms with Crippen LogP contribution in [0.1, 0.15) is 26.5 Å². The van der Waals surface area contributed by atoms with Gasteiger partial charge in [-0.15, -0.1) is 0 Å². The third-order valence-corrected chi connectivity index (χ3v) is 2.34. The van der Waals surface area contributed by atoms with E-state index in [1.165, 1.54) is 5.39 Å². The second-order valence-corrected chi connectivity index (χ2v) is 5.13. The van der Waals surface area contributed by atoms with Gasteiger partial charge < -0.3 is 4.98 Å². The zero-order chi connectivity index (χ0) is 13.0. The maximum atomic E-state index is 4.27. The molecule has 1 aromatic carbocycles. The quantitative estimate of drug-likeness (QED) is 0.485. The normalized spacial score (nSPS) is 12.8. The smallest absolute Gasteiger partial charge is 0.104 e. The first-order valence-electron chi connectivity index (χ1n) is 5.95. The van der Waals surface area contributed by atoms with Crippen LogP contribution in [-0.4, -0.2) is 23.1 Å². The molecule has 2 aromatic rings. The van der Waals surface area contributed by atoms with Crippen LogP contribution in [0.3, 0.4) is 0 Å². The number of aliphatic imine (C=N–C) groups is 1. The summed E-state index contributed by atoms with van der Waals surface area (Å²) in [6.45, 7) is 6.10. The van der Waals surface area contributed by atoms with E-state index in [1.807, 2.05) is 39.0 Å². The lowest BCUT2D eigenvalue weighted by Gasteiger charge is -2.09. The molecule has 0 atom stereocenters. The van der Waals surface area contributed by atoms with Crippen LogP contribution >= 0.6 is 0 Å². The standard InChI is InChI=1S/C14H18N4/c1-14(2,3)15-10-17-16-9-12-8-11-6-4-5-7-13(11)18-12/h4-10,18H,1-3H3,(H,15,17)/b16-9+. The Balaban J connectivity index is 1.99. The molecule has 2 rings (SSSR count). The van der Waals surface area contributed by atoms with E-state index < -0.39 is 0 Å². The highest BCUT2D eigenvalue weighted by molar-refractivity contribution is 5.89. The number of aromatic nitrogens is 1. The number of hydrogen-bond acceptors (Lipinski definition) is 2. The number of fused-ring (bicyclic) bond motifs is 1. The first kappa shape index (κ1) is 12.4. The number of nitrogens with one attached hydrogen (secondary N) is 2. The van der Waals surface area contributed by atoms with Crippen LogP contribution in [-0.2, 0) is 0 Å². The van der Waals surface area contributed by atoms with Crippen molar-refractivity contribution in [3.05, 3.63) is 36.0 Å². The van der Waals surface area contributed by atoms with E-state index in [1.54, 1.807) is 12.6 Å². The van der Waals surface area contributed by atoms with Gasteiger partial charge in [0, 0.05) is 10.9 Å². The highest BCUT2D eigenvalue weighted by Gasteiger charge is 2.03. The lowest BCUT2D eigenvalue weighted by Crippen LogP contribution is -2.13. The molecule has 4 heteroatoms. The molecule has 0 spiro atoms. The van der Waals surface area contributed by atoms with Gasteiger partial charge in [0.25, 0.3) is 0 Å². The molecule has 0 fully saturated rings. The molecular formula is C14H18N4. The van der Waals surface area contributed by atoms with E-state index in [9.17, 15) is 0 Å². The van der Waals surface area contributed by atoms with Crippen molar-refractivity contribution in [3.8, 4) is 0 Å². The van der Waals surface area contributed by atoms with Gasteiger partial charge in [-0.05, 0) is 32.9 Å². The van der Waals surface area contributed by atoms with Crippen LogP contribution in [0.4, 0.5) is 0 Å². The fourth-order valence-electron chi connectivity index (χ4n) is 1.53. The monoisotopic (exact) mass is 242 g/mol. The van der Waals surface area contributed by atoms with Crippen LogP contribution < -0.4 is 5.43 Å². The molecule has 2 N–H and O–H groups in total. The number of rotatable bonds is 3. The van der Waals surface area contributed by atoms with Crippen LogP contribution in [0.25, 0.3) is 10.9 Å². The summed E-state index contributed by atoms with van der Waals surface area (Å²) in [6, 6.07) is 10.2. The first-order valence-corrected chi connectivity index (χ1v) is 5.95. The number of nitrogens with zero attached hydrogens (tertiary/aromatic N) is 2. The van der Waals surface area contributed by atoms with E-state index in [4.69, 9.17) is 0 Å². The second-order valence-electron chi connectivity index (χ2n) is 5.13. The SMILES string of the molecule is CC(C)(C)N=CN/N=C/c1cc2ccccc2[nH]1. The van der Waals surface area contributed by atoms with Gasteiger partial charge in [-0.2, -0.15) is 5.10 Å². The summed E-state index contributed by atoms with van der Waals surface area (Å²) in [7, 11) is 0. The highest BCUT2D eigenvalue weighted by atomic mass is 15.3. The highest BCUT2D eigenvalue weighted by Crippen LogP contribution is 2.13. The van der Waals surface area contributed by atoms with E-state index >= 15 is 0 Å². The molecule has 0 aliphatic carbocycles. The predicted molar refractivity (Wildman–Crippen MR) is 77.3 cm³/mol. The van der Waals surface area contributed by atoms with Crippen LogP contribution in [0.2, 0.25) is 0 Å². The number of hydrogen-bond donors (Lipinski definition) is 2. The third kappa shape index (κ3) is 3.45. The summed E-state index contributed by atoms with van der Waals surface area (Å²) < 4.78 is 0. The Morgan fingerprint density at radius 1 is 1.22 bits per heavy atom. The molecule has 0 amide bonds. The molecule has 0 aliphatic rings. The molecule has 0 aliphatic heterocycles. The number of aromatic amines is 1. The fraction of sp³-hybridized carbons (Fsp3) is 0.286. The van der Waals surface area contributed by atoms with E-state index in [2.05, 4.69) is 32.6 Å². The van der Waals surface area contributed by atoms with Gasteiger partial charge >= 0.3 is 0 Å². The van der Waals surface area contributed by atoms with Crippen molar-refractivity contribution >= 4 is 23.5 Å². The van der Waals surface area contributed by atoms with Crippen LogP contribution in [0, 0.1) is 0 Å². The summed E-state index contributed by atoms with van der Waals surface area (Å²) in [5, 5.41) is 5.27. The molecule has 0 saturated heterocycles. The largest absolute Gasteiger partial charge is 0.354 e. The maximum absolute atomic E-state index is 4.27. The summed E-state index contributed by atoms with van der Waals surface area (Å²) in [6.07, 6.45) is 3.35. The predicted octanol–water partition coefficient (Wildman–Crippen LogP) is 2.92. The van der Waals surface area contributed by atoms with Gasteiger partial charge in [-0.25, -0.2) is 0 Å². The van der Waals surface area contributed by atoms with Crippen molar-refractivity contribution in [2.75, 3.05) is 0 Å². The zero-order valence-corrected chi connectivity index (χ0v) is 10.9. The number of H-pyrrole nitrogens is 1. The van der Waals surface area contributed by atoms with Crippen molar-refractivity contribution in [1.29, 1.82) is 0 Å². The Bertz CT molecular complexity index is 540. The summed E-state index contributed by atoms with van der Waals surface area (Å²) in [5.74, 6) is 0. The lowest BCUT2D eigenvalue weighted by atomic mass is 10.1. The molecule has 4 nitrogen and oxygen atoms in total. The summed E-state index contributed by atoms with van der Waals surface area (Å²) >= 11 is 0. The van der Waals surface area contributed by atoms with Gasteiger partial charge in [0.15, 0.2) is 0 Å².